The maximum atomic E-state index is 11.8. The summed E-state index contributed by atoms with van der Waals surface area (Å²) in [5, 5.41) is 0.555. The molecule has 1 N–H and O–H groups in total. The fourth-order valence-corrected chi connectivity index (χ4v) is 3.25. The monoisotopic (exact) mass is 342 g/mol. The fourth-order valence-electron chi connectivity index (χ4n) is 1.73. The molecule has 0 radical (unpaired) electrons. The van der Waals surface area contributed by atoms with E-state index in [-0.39, 0.29) is 10.6 Å². The topological polar surface area (TPSA) is 96.3 Å². The number of carbonyl (C=O) groups excluding carboxylic acids is 1. The van der Waals surface area contributed by atoms with Crippen LogP contribution in [-0.4, -0.2) is 50.2 Å². The molecular formula is C13H14N2O5S2. The Hall–Kier alpha value is -1.84. The zero-order chi connectivity index (χ0) is 16.5. The smallest absolute Gasteiger partial charge is 0.298 e. The van der Waals surface area contributed by atoms with Gasteiger partial charge in [-0.1, -0.05) is 6.07 Å². The highest BCUT2D eigenvalue weighted by Gasteiger charge is 2.23. The number of amidine groups is 1. The summed E-state index contributed by atoms with van der Waals surface area (Å²) < 4.78 is 36.9. The maximum absolute atomic E-state index is 11.8. The van der Waals surface area contributed by atoms with Crippen LogP contribution in [0.5, 0.6) is 5.75 Å². The average molecular weight is 342 g/mol. The van der Waals surface area contributed by atoms with E-state index >= 15 is 0 Å². The molecule has 0 fully saturated rings. The van der Waals surface area contributed by atoms with Crippen molar-refractivity contribution in [1.29, 1.82) is 0 Å². The van der Waals surface area contributed by atoms with Crippen molar-refractivity contribution in [2.75, 3.05) is 21.2 Å². The summed E-state index contributed by atoms with van der Waals surface area (Å²) in [6, 6.07) is 4.23. The molecule has 22 heavy (non-hydrogen) atoms. The Morgan fingerprint density at radius 3 is 2.55 bits per heavy atom. The molecule has 118 valence electrons. The molecule has 0 bridgehead atoms. The van der Waals surface area contributed by atoms with Gasteiger partial charge in [0.05, 0.1) is 12.0 Å². The molecular weight excluding hydrogens is 328 g/mol. The summed E-state index contributed by atoms with van der Waals surface area (Å²) in [6.45, 7) is 0. The van der Waals surface area contributed by atoms with Crippen LogP contribution >= 0.6 is 11.8 Å². The number of benzene rings is 1. The molecule has 1 aliphatic heterocycles. The standard InChI is InChI=1S/C13H14N2O5S2/c1-15(2)13-14-12(16)10(21-13)6-8-4-5-9(20-3)11(7-8)22(17,18)19/h4-7H,1-3H3,(H,17,18,19)/b10-6+. The Labute approximate surface area is 132 Å². The van der Waals surface area contributed by atoms with Crippen molar-refractivity contribution in [3.8, 4) is 5.75 Å². The lowest BCUT2D eigenvalue weighted by molar-refractivity contribution is -0.113. The Morgan fingerprint density at radius 1 is 1.36 bits per heavy atom. The summed E-state index contributed by atoms with van der Waals surface area (Å²) in [4.78, 5) is 17.4. The summed E-state index contributed by atoms with van der Waals surface area (Å²) in [5.41, 5.74) is 0.444. The predicted octanol–water partition coefficient (Wildman–Crippen LogP) is 1.47. The molecule has 0 aliphatic carbocycles. The number of carbonyl (C=O) groups is 1. The van der Waals surface area contributed by atoms with E-state index in [4.69, 9.17) is 4.74 Å². The highest BCUT2D eigenvalue weighted by Crippen LogP contribution is 2.31. The van der Waals surface area contributed by atoms with Crippen LogP contribution in [-0.2, 0) is 14.9 Å². The molecule has 0 aromatic heterocycles. The van der Waals surface area contributed by atoms with Crippen LogP contribution in [0.4, 0.5) is 0 Å². The SMILES string of the molecule is COc1ccc(/C=C2/SC(N(C)C)=NC2=O)cc1S(=O)(=O)O. The van der Waals surface area contributed by atoms with Gasteiger partial charge in [-0.05, 0) is 35.5 Å². The molecule has 1 aromatic carbocycles. The van der Waals surface area contributed by atoms with Gasteiger partial charge in [-0.2, -0.15) is 13.4 Å². The Balaban J connectivity index is 2.40. The van der Waals surface area contributed by atoms with Crippen LogP contribution in [0.3, 0.4) is 0 Å². The molecule has 1 aromatic rings. The second kappa shape index (κ2) is 6.11. The number of thioether (sulfide) groups is 1. The number of nitrogens with zero attached hydrogens (tertiary/aromatic N) is 2. The van der Waals surface area contributed by atoms with Crippen molar-refractivity contribution >= 4 is 39.0 Å². The normalized spacial score (nSPS) is 16.8. The second-order valence-electron chi connectivity index (χ2n) is 4.59. The molecule has 9 heteroatoms. The van der Waals surface area contributed by atoms with Gasteiger partial charge >= 0.3 is 0 Å². The van der Waals surface area contributed by atoms with Gasteiger partial charge in [0.25, 0.3) is 16.0 Å². The van der Waals surface area contributed by atoms with Crippen LogP contribution in [0.1, 0.15) is 5.56 Å². The molecule has 0 saturated carbocycles. The van der Waals surface area contributed by atoms with Crippen LogP contribution < -0.4 is 4.74 Å². The second-order valence-corrected chi connectivity index (χ2v) is 6.99. The molecule has 0 spiro atoms. The summed E-state index contributed by atoms with van der Waals surface area (Å²) >= 11 is 1.19. The number of ether oxygens (including phenoxy) is 1. The largest absolute Gasteiger partial charge is 0.495 e. The quantitative estimate of drug-likeness (QED) is 0.656. The minimum absolute atomic E-state index is 0.0280. The van der Waals surface area contributed by atoms with Gasteiger partial charge in [0.15, 0.2) is 5.17 Å². The third-order valence-corrected chi connectivity index (χ3v) is 4.78. The van der Waals surface area contributed by atoms with Gasteiger partial charge in [0, 0.05) is 14.1 Å². The number of methoxy groups -OCH3 is 1. The molecule has 0 saturated heterocycles. The fraction of sp³-hybridized carbons (Fsp3) is 0.231. The van der Waals surface area contributed by atoms with Crippen LogP contribution in [0.15, 0.2) is 33.0 Å². The molecule has 7 nitrogen and oxygen atoms in total. The van der Waals surface area contributed by atoms with Gasteiger partial charge < -0.3 is 9.64 Å². The van der Waals surface area contributed by atoms with Gasteiger partial charge in [0.1, 0.15) is 10.6 Å². The first-order chi connectivity index (χ1) is 10.2. The van der Waals surface area contributed by atoms with Crippen LogP contribution in [0.2, 0.25) is 0 Å². The minimum Gasteiger partial charge on any atom is -0.495 e. The van der Waals surface area contributed by atoms with Crippen molar-refractivity contribution in [2.45, 2.75) is 4.90 Å². The van der Waals surface area contributed by atoms with Crippen molar-refractivity contribution in [3.63, 3.8) is 0 Å². The highest BCUT2D eigenvalue weighted by molar-refractivity contribution is 8.18. The minimum atomic E-state index is -4.42. The zero-order valence-electron chi connectivity index (χ0n) is 12.1. The van der Waals surface area contributed by atoms with Crippen molar-refractivity contribution in [2.24, 2.45) is 4.99 Å². The lowest BCUT2D eigenvalue weighted by atomic mass is 10.2. The average Bonchev–Trinajstić information content (AvgIpc) is 2.79. The van der Waals surface area contributed by atoms with Crippen molar-refractivity contribution < 1.29 is 22.5 Å². The van der Waals surface area contributed by atoms with E-state index in [0.29, 0.717) is 15.6 Å². The maximum Gasteiger partial charge on any atom is 0.298 e. The molecule has 1 amide bonds. The third-order valence-electron chi connectivity index (χ3n) is 2.76. The van der Waals surface area contributed by atoms with E-state index in [1.807, 2.05) is 0 Å². The van der Waals surface area contributed by atoms with E-state index in [0.717, 1.165) is 0 Å². The van der Waals surface area contributed by atoms with Crippen LogP contribution in [0, 0.1) is 0 Å². The predicted molar refractivity (Wildman–Crippen MR) is 84.5 cm³/mol. The number of hydrogen-bond acceptors (Lipinski definition) is 6. The Kier molecular flexibility index (Phi) is 4.59. The lowest BCUT2D eigenvalue weighted by Crippen LogP contribution is -2.16. The zero-order valence-corrected chi connectivity index (χ0v) is 13.7. The molecule has 2 rings (SSSR count). The van der Waals surface area contributed by atoms with Crippen molar-refractivity contribution in [3.05, 3.63) is 28.7 Å². The van der Waals surface area contributed by atoms with Gasteiger partial charge in [0.2, 0.25) is 0 Å². The molecule has 0 unspecified atom stereocenters. The highest BCUT2D eigenvalue weighted by atomic mass is 32.2. The van der Waals surface area contributed by atoms with E-state index in [1.165, 1.54) is 37.1 Å². The van der Waals surface area contributed by atoms with E-state index in [2.05, 4.69) is 4.99 Å². The molecule has 0 atom stereocenters. The van der Waals surface area contributed by atoms with Gasteiger partial charge in [-0.3, -0.25) is 9.35 Å². The van der Waals surface area contributed by atoms with Gasteiger partial charge in [-0.15, -0.1) is 0 Å². The summed E-state index contributed by atoms with van der Waals surface area (Å²) in [6.07, 6.45) is 1.52. The first-order valence-corrected chi connectivity index (χ1v) is 8.33. The lowest BCUT2D eigenvalue weighted by Gasteiger charge is -2.09. The van der Waals surface area contributed by atoms with E-state index in [9.17, 15) is 17.8 Å². The van der Waals surface area contributed by atoms with E-state index in [1.54, 1.807) is 25.1 Å². The first-order valence-electron chi connectivity index (χ1n) is 6.08. The molecule has 1 aliphatic rings. The number of aliphatic imine (C=N–C) groups is 1. The number of rotatable bonds is 3. The summed E-state index contributed by atoms with van der Waals surface area (Å²) in [5.74, 6) is -0.363. The van der Waals surface area contributed by atoms with E-state index < -0.39 is 16.0 Å². The van der Waals surface area contributed by atoms with Crippen molar-refractivity contribution in [1.82, 2.24) is 4.90 Å². The number of hydrogen-bond donors (Lipinski definition) is 1. The summed E-state index contributed by atoms with van der Waals surface area (Å²) in [7, 11) is 0.418. The van der Waals surface area contributed by atoms with Gasteiger partial charge in [-0.25, -0.2) is 0 Å². The molecule has 1 heterocycles. The number of amides is 1. The first kappa shape index (κ1) is 16.5. The Bertz CT molecular complexity index is 782. The third kappa shape index (κ3) is 3.49. The Morgan fingerprint density at radius 2 is 2.05 bits per heavy atom. The van der Waals surface area contributed by atoms with Crippen LogP contribution in [0.25, 0.3) is 6.08 Å².